The molecule has 1 unspecified atom stereocenters. The summed E-state index contributed by atoms with van der Waals surface area (Å²) in [6.45, 7) is 2.05. The average molecular weight is 301 g/mol. The van der Waals surface area contributed by atoms with Crippen molar-refractivity contribution in [2.24, 2.45) is 0 Å². The molecular formula is C13H14ClFN2OS. The van der Waals surface area contributed by atoms with Crippen LogP contribution in [0.1, 0.15) is 35.6 Å². The van der Waals surface area contributed by atoms with Crippen LogP contribution in [-0.2, 0) is 12.8 Å². The lowest BCUT2D eigenvalue weighted by Crippen LogP contribution is -2.03. The van der Waals surface area contributed by atoms with E-state index in [1.54, 1.807) is 6.07 Å². The van der Waals surface area contributed by atoms with E-state index in [1.165, 1.54) is 23.7 Å². The molecule has 0 aliphatic rings. The van der Waals surface area contributed by atoms with E-state index in [4.69, 9.17) is 11.6 Å². The van der Waals surface area contributed by atoms with Crippen molar-refractivity contribution in [3.63, 3.8) is 0 Å². The largest absolute Gasteiger partial charge is 0.387 e. The van der Waals surface area contributed by atoms with Gasteiger partial charge >= 0.3 is 0 Å². The van der Waals surface area contributed by atoms with Gasteiger partial charge in [-0.25, -0.2) is 4.39 Å². The van der Waals surface area contributed by atoms with Crippen molar-refractivity contribution >= 4 is 23.1 Å². The van der Waals surface area contributed by atoms with Gasteiger partial charge < -0.3 is 5.11 Å². The van der Waals surface area contributed by atoms with E-state index in [2.05, 4.69) is 9.59 Å². The zero-order valence-corrected chi connectivity index (χ0v) is 12.0. The predicted octanol–water partition coefficient (Wildman–Crippen LogP) is 3.56. The molecule has 0 fully saturated rings. The molecule has 0 aliphatic carbocycles. The molecule has 6 heteroatoms. The summed E-state index contributed by atoms with van der Waals surface area (Å²) in [6.07, 6.45) is 1.36. The Morgan fingerprint density at radius 3 is 2.95 bits per heavy atom. The molecule has 0 radical (unpaired) electrons. The molecular weight excluding hydrogens is 287 g/mol. The Bertz CT molecular complexity index is 561. The molecule has 102 valence electrons. The molecule has 0 aliphatic heterocycles. The number of aliphatic hydroxyl groups excluding tert-OH is 1. The molecule has 3 nitrogen and oxygen atoms in total. The summed E-state index contributed by atoms with van der Waals surface area (Å²) in [5, 5.41) is 14.3. The second-order valence-corrected chi connectivity index (χ2v) is 5.50. The quantitative estimate of drug-likeness (QED) is 0.918. The monoisotopic (exact) mass is 300 g/mol. The Morgan fingerprint density at radius 1 is 1.47 bits per heavy atom. The standard InChI is InChI=1S/C13H14ClFN2OS/c1-2-3-11-13(19-17-16-11)12(18)7-8-4-5-9(14)10(15)6-8/h4-6,12,18H,2-3,7H2,1H3. The Kier molecular flexibility index (Phi) is 4.85. The zero-order valence-electron chi connectivity index (χ0n) is 10.4. The highest BCUT2D eigenvalue weighted by atomic mass is 35.5. The van der Waals surface area contributed by atoms with Crippen molar-refractivity contribution in [2.45, 2.75) is 32.3 Å². The van der Waals surface area contributed by atoms with Crippen LogP contribution in [0.15, 0.2) is 18.2 Å². The molecule has 1 atom stereocenters. The van der Waals surface area contributed by atoms with Crippen molar-refractivity contribution < 1.29 is 9.50 Å². The molecule has 1 aromatic carbocycles. The van der Waals surface area contributed by atoms with E-state index in [1.807, 2.05) is 6.92 Å². The fourth-order valence-electron chi connectivity index (χ4n) is 1.86. The summed E-state index contributed by atoms with van der Waals surface area (Å²) < 4.78 is 17.2. The number of benzene rings is 1. The van der Waals surface area contributed by atoms with Gasteiger partial charge in [-0.1, -0.05) is 35.5 Å². The van der Waals surface area contributed by atoms with E-state index in [0.717, 1.165) is 23.4 Å². The molecule has 0 saturated carbocycles. The normalized spacial score (nSPS) is 12.6. The van der Waals surface area contributed by atoms with Gasteiger partial charge in [0, 0.05) is 6.42 Å². The Hall–Kier alpha value is -1.04. The summed E-state index contributed by atoms with van der Waals surface area (Å²) >= 11 is 6.82. The summed E-state index contributed by atoms with van der Waals surface area (Å²) in [7, 11) is 0. The molecule has 0 amide bonds. The van der Waals surface area contributed by atoms with E-state index < -0.39 is 11.9 Å². The number of hydrogen-bond donors (Lipinski definition) is 1. The van der Waals surface area contributed by atoms with Crippen LogP contribution in [0.4, 0.5) is 4.39 Å². The smallest absolute Gasteiger partial charge is 0.142 e. The second kappa shape index (κ2) is 6.41. The first-order chi connectivity index (χ1) is 9.11. The topological polar surface area (TPSA) is 46.0 Å². The Labute approximate surface area is 120 Å². The number of aryl methyl sites for hydroxylation is 1. The molecule has 2 rings (SSSR count). The Morgan fingerprint density at radius 2 is 2.26 bits per heavy atom. The second-order valence-electron chi connectivity index (χ2n) is 4.30. The number of hydrogen-bond acceptors (Lipinski definition) is 4. The number of rotatable bonds is 5. The van der Waals surface area contributed by atoms with Crippen molar-refractivity contribution in [1.29, 1.82) is 0 Å². The predicted molar refractivity (Wildman–Crippen MR) is 74.0 cm³/mol. The van der Waals surface area contributed by atoms with Gasteiger partial charge in [0.25, 0.3) is 0 Å². The van der Waals surface area contributed by atoms with Gasteiger partial charge in [0.05, 0.1) is 21.7 Å². The lowest BCUT2D eigenvalue weighted by molar-refractivity contribution is 0.181. The van der Waals surface area contributed by atoms with Crippen molar-refractivity contribution in [1.82, 2.24) is 9.59 Å². The van der Waals surface area contributed by atoms with E-state index in [9.17, 15) is 9.50 Å². The molecule has 1 heterocycles. The highest BCUT2D eigenvalue weighted by Gasteiger charge is 2.17. The SMILES string of the molecule is CCCc1nnsc1C(O)Cc1ccc(Cl)c(F)c1. The molecule has 1 N–H and O–H groups in total. The van der Waals surface area contributed by atoms with Gasteiger partial charge in [0.2, 0.25) is 0 Å². The van der Waals surface area contributed by atoms with Crippen LogP contribution in [0.5, 0.6) is 0 Å². The molecule has 19 heavy (non-hydrogen) atoms. The molecule has 1 aromatic heterocycles. The minimum absolute atomic E-state index is 0.0874. The molecule has 0 spiro atoms. The summed E-state index contributed by atoms with van der Waals surface area (Å²) in [5.41, 5.74) is 1.53. The third-order valence-corrected chi connectivity index (χ3v) is 3.96. The fourth-order valence-corrected chi connectivity index (χ4v) is 2.66. The van der Waals surface area contributed by atoms with Gasteiger partial charge in [0.1, 0.15) is 5.82 Å². The van der Waals surface area contributed by atoms with E-state index in [-0.39, 0.29) is 5.02 Å². The average Bonchev–Trinajstić information content (AvgIpc) is 2.83. The van der Waals surface area contributed by atoms with Crippen molar-refractivity contribution in [3.8, 4) is 0 Å². The highest BCUT2D eigenvalue weighted by molar-refractivity contribution is 7.05. The third kappa shape index (κ3) is 3.49. The van der Waals surface area contributed by atoms with E-state index >= 15 is 0 Å². The zero-order chi connectivity index (χ0) is 13.8. The number of nitrogens with zero attached hydrogens (tertiary/aromatic N) is 2. The van der Waals surface area contributed by atoms with Gasteiger partial charge in [-0.2, -0.15) is 0 Å². The number of halogens is 2. The highest BCUT2D eigenvalue weighted by Crippen LogP contribution is 2.26. The first-order valence-electron chi connectivity index (χ1n) is 6.05. The number of aromatic nitrogens is 2. The lowest BCUT2D eigenvalue weighted by Gasteiger charge is -2.10. The van der Waals surface area contributed by atoms with Crippen molar-refractivity contribution in [2.75, 3.05) is 0 Å². The maximum absolute atomic E-state index is 13.3. The molecule has 0 saturated heterocycles. The van der Waals surface area contributed by atoms with Gasteiger partial charge in [-0.05, 0) is 35.6 Å². The van der Waals surface area contributed by atoms with E-state index in [0.29, 0.717) is 12.0 Å². The summed E-state index contributed by atoms with van der Waals surface area (Å²) in [6, 6.07) is 4.55. The fraction of sp³-hybridized carbons (Fsp3) is 0.385. The van der Waals surface area contributed by atoms with Crippen LogP contribution in [0.3, 0.4) is 0 Å². The molecule has 2 aromatic rings. The van der Waals surface area contributed by atoms with Gasteiger partial charge in [-0.15, -0.1) is 5.10 Å². The Balaban J connectivity index is 2.13. The maximum atomic E-state index is 13.3. The molecule has 0 bridgehead atoms. The first-order valence-corrected chi connectivity index (χ1v) is 7.20. The maximum Gasteiger partial charge on any atom is 0.142 e. The summed E-state index contributed by atoms with van der Waals surface area (Å²) in [4.78, 5) is 0.761. The first kappa shape index (κ1) is 14.4. The van der Waals surface area contributed by atoms with Crippen LogP contribution in [0, 0.1) is 5.82 Å². The van der Waals surface area contributed by atoms with Crippen LogP contribution in [-0.4, -0.2) is 14.7 Å². The summed E-state index contributed by atoms with van der Waals surface area (Å²) in [5.74, 6) is -0.470. The lowest BCUT2D eigenvalue weighted by atomic mass is 10.0. The minimum atomic E-state index is -0.706. The van der Waals surface area contributed by atoms with Crippen LogP contribution >= 0.6 is 23.1 Å². The minimum Gasteiger partial charge on any atom is -0.387 e. The van der Waals surface area contributed by atoms with Crippen LogP contribution in [0.2, 0.25) is 5.02 Å². The van der Waals surface area contributed by atoms with Gasteiger partial charge in [0.15, 0.2) is 0 Å². The van der Waals surface area contributed by atoms with Crippen LogP contribution < -0.4 is 0 Å². The van der Waals surface area contributed by atoms with Crippen LogP contribution in [0.25, 0.3) is 0 Å². The third-order valence-electron chi connectivity index (χ3n) is 2.79. The number of aliphatic hydroxyl groups is 1. The van der Waals surface area contributed by atoms with Gasteiger partial charge in [-0.3, -0.25) is 0 Å². The van der Waals surface area contributed by atoms with Crippen molar-refractivity contribution in [3.05, 3.63) is 45.2 Å².